The summed E-state index contributed by atoms with van der Waals surface area (Å²) in [6, 6.07) is 25.4. The number of hydrogen-bond acceptors (Lipinski definition) is 3. The van der Waals surface area contributed by atoms with Gasteiger partial charge in [-0.3, -0.25) is 0 Å². The Morgan fingerprint density at radius 2 is 1.42 bits per heavy atom. The third-order valence-electron chi connectivity index (χ3n) is 4.57. The molecule has 0 atom stereocenters. The Kier molecular flexibility index (Phi) is 4.09. The van der Waals surface area contributed by atoms with Gasteiger partial charge in [-0.2, -0.15) is 0 Å². The Morgan fingerprint density at radius 1 is 0.885 bits per heavy atom. The molecule has 1 aliphatic rings. The summed E-state index contributed by atoms with van der Waals surface area (Å²) in [5.41, 5.74) is 1.80. The number of benzene rings is 3. The van der Waals surface area contributed by atoms with Crippen molar-refractivity contribution < 1.29 is 14.3 Å². The molecule has 0 radical (unpaired) electrons. The Labute approximate surface area is 152 Å². The Bertz CT molecular complexity index is 891. The molecule has 1 amide bonds. The maximum Gasteiger partial charge on any atom is 0.408 e. The lowest BCUT2D eigenvalue weighted by atomic mass is 9.75. The normalized spacial score (nSPS) is 13.7. The van der Waals surface area contributed by atoms with E-state index in [2.05, 4.69) is 5.32 Å². The van der Waals surface area contributed by atoms with Gasteiger partial charge in [0.25, 0.3) is 0 Å². The molecule has 0 saturated carbocycles. The number of carbonyl (C=O) groups excluding carboxylic acids is 1. The minimum absolute atomic E-state index is 0.302. The number of rotatable bonds is 3. The van der Waals surface area contributed by atoms with Gasteiger partial charge < -0.3 is 14.8 Å². The molecule has 0 spiro atoms. The monoisotopic (exact) mass is 345 g/mol. The zero-order chi connectivity index (χ0) is 18.0. The standard InChI is InChI=1S/C22H19NO3/c1-2-25-21(24)23-22(16-10-4-3-5-11-16)17-12-6-8-14-19(17)26-20-15-9-7-13-18(20)22/h3-15H,2H2,1H3,(H,23,24). The second-order valence-corrected chi connectivity index (χ2v) is 6.06. The van der Waals surface area contributed by atoms with E-state index >= 15 is 0 Å². The molecular weight excluding hydrogens is 326 g/mol. The van der Waals surface area contributed by atoms with Crippen molar-refractivity contribution >= 4 is 6.09 Å². The number of alkyl carbamates (subject to hydrolysis) is 1. The van der Waals surface area contributed by atoms with Gasteiger partial charge in [-0.25, -0.2) is 4.79 Å². The van der Waals surface area contributed by atoms with Crippen LogP contribution in [-0.2, 0) is 10.3 Å². The smallest absolute Gasteiger partial charge is 0.408 e. The minimum atomic E-state index is -0.890. The van der Waals surface area contributed by atoms with Crippen molar-refractivity contribution in [2.24, 2.45) is 0 Å². The van der Waals surface area contributed by atoms with Crippen LogP contribution in [0.25, 0.3) is 0 Å². The molecule has 0 unspecified atom stereocenters. The summed E-state index contributed by atoms with van der Waals surface area (Å²) in [4.78, 5) is 12.5. The van der Waals surface area contributed by atoms with Gasteiger partial charge in [-0.15, -0.1) is 0 Å². The summed E-state index contributed by atoms with van der Waals surface area (Å²) in [7, 11) is 0. The van der Waals surface area contributed by atoms with Crippen LogP contribution in [0.15, 0.2) is 78.9 Å². The molecule has 0 fully saturated rings. The van der Waals surface area contributed by atoms with Gasteiger partial charge in [0.2, 0.25) is 0 Å². The highest BCUT2D eigenvalue weighted by Gasteiger charge is 2.45. The topological polar surface area (TPSA) is 47.6 Å². The first kappa shape index (κ1) is 16.2. The van der Waals surface area contributed by atoms with E-state index in [0.29, 0.717) is 18.1 Å². The van der Waals surface area contributed by atoms with Crippen LogP contribution < -0.4 is 10.1 Å². The van der Waals surface area contributed by atoms with Crippen LogP contribution in [0, 0.1) is 0 Å². The number of para-hydroxylation sites is 2. The van der Waals surface area contributed by atoms with Crippen molar-refractivity contribution in [3.8, 4) is 11.5 Å². The van der Waals surface area contributed by atoms with Crippen molar-refractivity contribution in [1.82, 2.24) is 5.32 Å². The highest BCUT2D eigenvalue weighted by molar-refractivity contribution is 5.74. The predicted molar refractivity (Wildman–Crippen MR) is 99.4 cm³/mol. The van der Waals surface area contributed by atoms with E-state index in [1.165, 1.54) is 0 Å². The molecule has 1 heterocycles. The third-order valence-corrected chi connectivity index (χ3v) is 4.57. The van der Waals surface area contributed by atoms with E-state index in [-0.39, 0.29) is 0 Å². The molecule has 4 nitrogen and oxygen atoms in total. The second-order valence-electron chi connectivity index (χ2n) is 6.06. The zero-order valence-electron chi connectivity index (χ0n) is 14.4. The predicted octanol–water partition coefficient (Wildman–Crippen LogP) is 4.83. The van der Waals surface area contributed by atoms with Crippen LogP contribution in [0.2, 0.25) is 0 Å². The van der Waals surface area contributed by atoms with Gasteiger partial charge in [0.1, 0.15) is 17.0 Å². The Balaban J connectivity index is 2.02. The molecule has 1 aliphatic heterocycles. The average molecular weight is 345 g/mol. The average Bonchev–Trinajstić information content (AvgIpc) is 2.68. The highest BCUT2D eigenvalue weighted by Crippen LogP contribution is 2.49. The quantitative estimate of drug-likeness (QED) is 0.739. The highest BCUT2D eigenvalue weighted by atomic mass is 16.5. The van der Waals surface area contributed by atoms with Gasteiger partial charge in [0.05, 0.1) is 6.61 Å². The number of carbonyl (C=O) groups is 1. The maximum absolute atomic E-state index is 12.5. The molecule has 4 heteroatoms. The molecule has 130 valence electrons. The Hall–Kier alpha value is -3.27. The molecule has 0 bridgehead atoms. The van der Waals surface area contributed by atoms with Crippen LogP contribution in [0.4, 0.5) is 4.79 Å². The molecule has 0 saturated heterocycles. The van der Waals surface area contributed by atoms with Crippen LogP contribution in [0.1, 0.15) is 23.6 Å². The van der Waals surface area contributed by atoms with E-state index in [1.807, 2.05) is 78.9 Å². The first-order chi connectivity index (χ1) is 12.8. The summed E-state index contributed by atoms with van der Waals surface area (Å²) in [5, 5.41) is 3.12. The van der Waals surface area contributed by atoms with E-state index in [4.69, 9.17) is 9.47 Å². The zero-order valence-corrected chi connectivity index (χ0v) is 14.4. The van der Waals surface area contributed by atoms with Crippen LogP contribution in [0.3, 0.4) is 0 Å². The number of nitrogens with one attached hydrogen (secondary N) is 1. The molecule has 0 aliphatic carbocycles. The van der Waals surface area contributed by atoms with Gasteiger partial charge >= 0.3 is 6.09 Å². The van der Waals surface area contributed by atoms with Crippen molar-refractivity contribution in [3.05, 3.63) is 95.6 Å². The van der Waals surface area contributed by atoms with Crippen LogP contribution >= 0.6 is 0 Å². The SMILES string of the molecule is CCOC(=O)NC1(c2ccccc2)c2ccccc2Oc2ccccc21. The summed E-state index contributed by atoms with van der Waals surface area (Å²) < 4.78 is 11.3. The van der Waals surface area contributed by atoms with Gasteiger partial charge in [0, 0.05) is 11.1 Å². The molecule has 0 aromatic heterocycles. The lowest BCUT2D eigenvalue weighted by Crippen LogP contribution is -2.49. The molecule has 1 N–H and O–H groups in total. The fraction of sp³-hybridized carbons (Fsp3) is 0.136. The summed E-state index contributed by atoms with van der Waals surface area (Å²) in [5.74, 6) is 1.43. The molecule has 26 heavy (non-hydrogen) atoms. The minimum Gasteiger partial charge on any atom is -0.457 e. The second kappa shape index (κ2) is 6.56. The van der Waals surface area contributed by atoms with Crippen molar-refractivity contribution in [3.63, 3.8) is 0 Å². The van der Waals surface area contributed by atoms with Gasteiger partial charge in [-0.1, -0.05) is 66.7 Å². The number of fused-ring (bicyclic) bond motifs is 2. The van der Waals surface area contributed by atoms with E-state index < -0.39 is 11.6 Å². The van der Waals surface area contributed by atoms with Gasteiger partial charge in [-0.05, 0) is 24.6 Å². The Morgan fingerprint density at radius 3 is 2.00 bits per heavy atom. The van der Waals surface area contributed by atoms with Crippen molar-refractivity contribution in [1.29, 1.82) is 0 Å². The first-order valence-electron chi connectivity index (χ1n) is 8.63. The van der Waals surface area contributed by atoms with Crippen LogP contribution in [-0.4, -0.2) is 12.7 Å². The summed E-state index contributed by atoms with van der Waals surface area (Å²) in [6.07, 6.45) is -0.470. The third kappa shape index (κ3) is 2.51. The summed E-state index contributed by atoms with van der Waals surface area (Å²) >= 11 is 0. The fourth-order valence-corrected chi connectivity index (χ4v) is 3.52. The molecule has 3 aromatic carbocycles. The van der Waals surface area contributed by atoms with E-state index in [1.54, 1.807) is 6.92 Å². The molecular formula is C22H19NO3. The first-order valence-corrected chi connectivity index (χ1v) is 8.63. The number of amides is 1. The summed E-state index contributed by atoms with van der Waals surface area (Å²) in [6.45, 7) is 2.09. The van der Waals surface area contributed by atoms with Crippen molar-refractivity contribution in [2.75, 3.05) is 6.61 Å². The van der Waals surface area contributed by atoms with Crippen LogP contribution in [0.5, 0.6) is 11.5 Å². The largest absolute Gasteiger partial charge is 0.457 e. The van der Waals surface area contributed by atoms with Gasteiger partial charge in [0.15, 0.2) is 0 Å². The van der Waals surface area contributed by atoms with E-state index in [0.717, 1.165) is 16.7 Å². The maximum atomic E-state index is 12.5. The van der Waals surface area contributed by atoms with E-state index in [9.17, 15) is 4.79 Å². The number of ether oxygens (including phenoxy) is 2. The fourth-order valence-electron chi connectivity index (χ4n) is 3.52. The van der Waals surface area contributed by atoms with Crippen molar-refractivity contribution in [2.45, 2.75) is 12.5 Å². The molecule has 4 rings (SSSR count). The lowest BCUT2D eigenvalue weighted by molar-refractivity contribution is 0.144. The lowest BCUT2D eigenvalue weighted by Gasteiger charge is -2.40. The molecule has 3 aromatic rings. The number of hydrogen-bond donors (Lipinski definition) is 1.